The van der Waals surface area contributed by atoms with Crippen molar-refractivity contribution in [2.75, 3.05) is 6.54 Å². The smallest absolute Gasteiger partial charge is 0.287 e. The van der Waals surface area contributed by atoms with Crippen LogP contribution in [-0.2, 0) is 11.3 Å². The van der Waals surface area contributed by atoms with Gasteiger partial charge in [-0.05, 0) is 30.3 Å². The van der Waals surface area contributed by atoms with E-state index in [-0.39, 0.29) is 35.3 Å². The predicted octanol–water partition coefficient (Wildman–Crippen LogP) is 3.15. The lowest BCUT2D eigenvalue weighted by molar-refractivity contribution is -0.384. The summed E-state index contributed by atoms with van der Waals surface area (Å²) in [6, 6.07) is 10.3. The second kappa shape index (κ2) is 8.40. The highest BCUT2D eigenvalue weighted by atomic mass is 35.5. The van der Waals surface area contributed by atoms with Crippen molar-refractivity contribution in [3.63, 3.8) is 0 Å². The lowest BCUT2D eigenvalue weighted by Gasteiger charge is -2.05. The van der Waals surface area contributed by atoms with E-state index in [0.717, 1.165) is 0 Å². The Hall–Kier alpha value is -3.59. The maximum atomic E-state index is 12.1. The first-order chi connectivity index (χ1) is 13.4. The molecule has 0 saturated carbocycles. The highest BCUT2D eigenvalue weighted by molar-refractivity contribution is 6.33. The summed E-state index contributed by atoms with van der Waals surface area (Å²) in [7, 11) is 0. The van der Waals surface area contributed by atoms with Gasteiger partial charge < -0.3 is 19.5 Å². The number of hydrogen-bond donors (Lipinski definition) is 2. The fraction of sp³-hybridized carbons (Fsp3) is 0.111. The zero-order valence-electron chi connectivity index (χ0n) is 14.3. The van der Waals surface area contributed by atoms with E-state index in [1.165, 1.54) is 36.6 Å². The first kappa shape index (κ1) is 19.2. The van der Waals surface area contributed by atoms with Gasteiger partial charge in [0.15, 0.2) is 5.76 Å². The maximum absolute atomic E-state index is 12.1. The van der Waals surface area contributed by atoms with Crippen molar-refractivity contribution in [2.24, 2.45) is 0 Å². The van der Waals surface area contributed by atoms with Crippen LogP contribution >= 0.6 is 11.6 Å². The zero-order valence-corrected chi connectivity index (χ0v) is 15.1. The van der Waals surface area contributed by atoms with Crippen molar-refractivity contribution in [1.29, 1.82) is 0 Å². The van der Waals surface area contributed by atoms with E-state index in [4.69, 9.17) is 20.4 Å². The normalized spacial score (nSPS) is 10.5. The molecule has 0 spiro atoms. The molecule has 0 aliphatic heterocycles. The van der Waals surface area contributed by atoms with Gasteiger partial charge in [-0.1, -0.05) is 11.6 Å². The van der Waals surface area contributed by atoms with Crippen molar-refractivity contribution in [3.8, 4) is 11.3 Å². The molecule has 9 nitrogen and oxygen atoms in total. The third kappa shape index (κ3) is 4.57. The molecule has 144 valence electrons. The van der Waals surface area contributed by atoms with Crippen LogP contribution in [0, 0.1) is 10.1 Å². The van der Waals surface area contributed by atoms with E-state index in [1.54, 1.807) is 12.1 Å². The first-order valence-corrected chi connectivity index (χ1v) is 8.43. The van der Waals surface area contributed by atoms with Gasteiger partial charge in [-0.3, -0.25) is 19.7 Å². The van der Waals surface area contributed by atoms with Crippen molar-refractivity contribution < 1.29 is 23.3 Å². The Morgan fingerprint density at radius 2 is 1.96 bits per heavy atom. The molecule has 0 aliphatic carbocycles. The summed E-state index contributed by atoms with van der Waals surface area (Å²) < 4.78 is 10.5. The molecule has 0 radical (unpaired) electrons. The van der Waals surface area contributed by atoms with Crippen LogP contribution in [0.5, 0.6) is 0 Å². The van der Waals surface area contributed by atoms with Gasteiger partial charge in [0.05, 0.1) is 29.3 Å². The zero-order chi connectivity index (χ0) is 20.1. The average Bonchev–Trinajstić information content (AvgIpc) is 3.36. The molecular formula is C18H14ClN3O6. The lowest BCUT2D eigenvalue weighted by Crippen LogP contribution is -2.36. The Morgan fingerprint density at radius 1 is 1.14 bits per heavy atom. The van der Waals surface area contributed by atoms with Crippen LogP contribution in [0.4, 0.5) is 5.69 Å². The van der Waals surface area contributed by atoms with Gasteiger partial charge in [0, 0.05) is 17.7 Å². The van der Waals surface area contributed by atoms with Crippen LogP contribution in [0.1, 0.15) is 16.3 Å². The molecule has 2 amide bonds. The standard InChI is InChI=1S/C18H14ClN3O6/c19-14-8-11(22(25)26)3-4-13(14)15-5-6-16(28-15)18(24)21-10-17(23)20-9-12-2-1-7-27-12/h1-8H,9-10H2,(H,20,23)(H,21,24). The summed E-state index contributed by atoms with van der Waals surface area (Å²) in [5.41, 5.74) is 0.251. The maximum Gasteiger partial charge on any atom is 0.287 e. The predicted molar refractivity (Wildman–Crippen MR) is 98.7 cm³/mol. The van der Waals surface area contributed by atoms with Crippen LogP contribution < -0.4 is 10.6 Å². The van der Waals surface area contributed by atoms with Crippen LogP contribution in [0.2, 0.25) is 5.02 Å². The van der Waals surface area contributed by atoms with Crippen LogP contribution in [0.15, 0.2) is 57.6 Å². The summed E-state index contributed by atoms with van der Waals surface area (Å²) in [5, 5.41) is 15.9. The van der Waals surface area contributed by atoms with E-state index in [1.807, 2.05) is 0 Å². The Bertz CT molecular complexity index is 1010. The van der Waals surface area contributed by atoms with Crippen molar-refractivity contribution in [3.05, 3.63) is 75.4 Å². The molecular weight excluding hydrogens is 390 g/mol. The molecule has 1 aromatic carbocycles. The van der Waals surface area contributed by atoms with Gasteiger partial charge in [-0.25, -0.2) is 0 Å². The SMILES string of the molecule is O=C(CNC(=O)c1ccc(-c2ccc([N+](=O)[O-])cc2Cl)o1)NCc1ccco1. The molecule has 3 rings (SSSR count). The minimum absolute atomic E-state index is 0.0248. The summed E-state index contributed by atoms with van der Waals surface area (Å²) in [5.74, 6) is -0.140. The number of nitro benzene ring substituents is 1. The number of halogens is 1. The molecule has 0 bridgehead atoms. The highest BCUT2D eigenvalue weighted by Gasteiger charge is 2.17. The van der Waals surface area contributed by atoms with E-state index >= 15 is 0 Å². The molecule has 28 heavy (non-hydrogen) atoms. The molecule has 0 saturated heterocycles. The van der Waals surface area contributed by atoms with Crippen molar-refractivity contribution in [1.82, 2.24) is 10.6 Å². The molecule has 0 atom stereocenters. The number of benzene rings is 1. The molecule has 3 aromatic rings. The van der Waals surface area contributed by atoms with E-state index in [2.05, 4.69) is 10.6 Å². The Kier molecular flexibility index (Phi) is 5.75. The number of carbonyl (C=O) groups excluding carboxylic acids is 2. The number of nitro groups is 1. The summed E-state index contributed by atoms with van der Waals surface area (Å²) >= 11 is 6.05. The number of amides is 2. The highest BCUT2D eigenvalue weighted by Crippen LogP contribution is 2.32. The van der Waals surface area contributed by atoms with Crippen molar-refractivity contribution >= 4 is 29.1 Å². The fourth-order valence-electron chi connectivity index (χ4n) is 2.33. The fourth-order valence-corrected chi connectivity index (χ4v) is 2.60. The number of nitrogens with one attached hydrogen (secondary N) is 2. The van der Waals surface area contributed by atoms with Gasteiger partial charge in [0.25, 0.3) is 11.6 Å². The van der Waals surface area contributed by atoms with Crippen LogP contribution in [0.3, 0.4) is 0 Å². The van der Waals surface area contributed by atoms with Crippen LogP contribution in [-0.4, -0.2) is 23.3 Å². The van der Waals surface area contributed by atoms with Gasteiger partial charge >= 0.3 is 0 Å². The second-order valence-electron chi connectivity index (χ2n) is 5.62. The van der Waals surface area contributed by atoms with Gasteiger partial charge in [0.1, 0.15) is 11.5 Å². The average molecular weight is 404 g/mol. The summed E-state index contributed by atoms with van der Waals surface area (Å²) in [4.78, 5) is 34.1. The molecule has 0 fully saturated rings. The molecule has 2 aromatic heterocycles. The van der Waals surface area contributed by atoms with Gasteiger partial charge in [-0.2, -0.15) is 0 Å². The first-order valence-electron chi connectivity index (χ1n) is 8.05. The van der Waals surface area contributed by atoms with Crippen molar-refractivity contribution in [2.45, 2.75) is 6.54 Å². The van der Waals surface area contributed by atoms with E-state index in [0.29, 0.717) is 11.3 Å². The monoisotopic (exact) mass is 403 g/mol. The number of nitrogens with zero attached hydrogens (tertiary/aromatic N) is 1. The quantitative estimate of drug-likeness (QED) is 0.460. The molecule has 0 aliphatic rings. The number of carbonyl (C=O) groups is 2. The molecule has 0 unspecified atom stereocenters. The summed E-state index contributed by atoms with van der Waals surface area (Å²) in [6.07, 6.45) is 1.49. The number of non-ortho nitro benzene ring substituents is 1. The largest absolute Gasteiger partial charge is 0.467 e. The lowest BCUT2D eigenvalue weighted by atomic mass is 10.1. The van der Waals surface area contributed by atoms with E-state index < -0.39 is 16.7 Å². The Morgan fingerprint density at radius 3 is 2.64 bits per heavy atom. The molecule has 2 N–H and O–H groups in total. The minimum Gasteiger partial charge on any atom is -0.467 e. The topological polar surface area (TPSA) is 128 Å². The number of hydrogen-bond acceptors (Lipinski definition) is 6. The summed E-state index contributed by atoms with van der Waals surface area (Å²) in [6.45, 7) is -0.0287. The Labute approximate surface area is 163 Å². The third-order valence-corrected chi connectivity index (χ3v) is 4.02. The van der Waals surface area contributed by atoms with Gasteiger partial charge in [0.2, 0.25) is 5.91 Å². The molecule has 10 heteroatoms. The third-order valence-electron chi connectivity index (χ3n) is 3.71. The second-order valence-corrected chi connectivity index (χ2v) is 6.03. The number of furan rings is 2. The van der Waals surface area contributed by atoms with Crippen LogP contribution in [0.25, 0.3) is 11.3 Å². The number of rotatable bonds is 7. The van der Waals surface area contributed by atoms with E-state index in [9.17, 15) is 19.7 Å². The Balaban J connectivity index is 1.58. The van der Waals surface area contributed by atoms with Gasteiger partial charge in [-0.15, -0.1) is 0 Å². The minimum atomic E-state index is -0.586. The molecule has 2 heterocycles.